The minimum absolute atomic E-state index is 0.167. The molecule has 2 aliphatic heterocycles. The molecular formula is C21H30IN3O3. The second kappa shape index (κ2) is 9.28. The van der Waals surface area contributed by atoms with Crippen LogP contribution in [-0.4, -0.2) is 76.0 Å². The number of hydrogen-bond donors (Lipinski definition) is 1. The first kappa shape index (κ1) is 20.4. The molecule has 0 bridgehead atoms. The predicted octanol–water partition coefficient (Wildman–Crippen LogP) is 2.21. The lowest BCUT2D eigenvalue weighted by Crippen LogP contribution is -2.51. The number of nitrogens with zero attached hydrogens (tertiary/aromatic N) is 2. The number of hydrogen-bond acceptors (Lipinski definition) is 5. The van der Waals surface area contributed by atoms with E-state index in [0.717, 1.165) is 52.0 Å². The smallest absolute Gasteiger partial charge is 0.253 e. The van der Waals surface area contributed by atoms with Crippen molar-refractivity contribution in [1.29, 1.82) is 0 Å². The maximum absolute atomic E-state index is 13.2. The highest BCUT2D eigenvalue weighted by molar-refractivity contribution is 14.1. The SMILES string of the molecule is COCCCN1CC(CN(C(=O)[C@H]2CNCCO2)C2CC2)c2c(I)cccc21. The number of morpholine rings is 1. The third-order valence-corrected chi connectivity index (χ3v) is 6.83. The number of amides is 1. The summed E-state index contributed by atoms with van der Waals surface area (Å²) in [5.41, 5.74) is 2.73. The van der Waals surface area contributed by atoms with Crippen LogP contribution in [0.5, 0.6) is 0 Å². The Morgan fingerprint density at radius 3 is 3.00 bits per heavy atom. The number of benzene rings is 1. The number of fused-ring (bicyclic) bond motifs is 1. The molecule has 6 nitrogen and oxygen atoms in total. The summed E-state index contributed by atoms with van der Waals surface area (Å²) >= 11 is 2.45. The molecule has 2 fully saturated rings. The van der Waals surface area contributed by atoms with Gasteiger partial charge in [0.2, 0.25) is 0 Å². The molecule has 1 aliphatic carbocycles. The molecular weight excluding hydrogens is 469 g/mol. The second-order valence-electron chi connectivity index (χ2n) is 7.95. The van der Waals surface area contributed by atoms with E-state index in [1.165, 1.54) is 14.8 Å². The Morgan fingerprint density at radius 1 is 1.43 bits per heavy atom. The third kappa shape index (κ3) is 4.47. The summed E-state index contributed by atoms with van der Waals surface area (Å²) in [7, 11) is 1.75. The van der Waals surface area contributed by atoms with Crippen LogP contribution < -0.4 is 10.2 Å². The molecule has 0 radical (unpaired) electrons. The van der Waals surface area contributed by atoms with Crippen molar-refractivity contribution in [2.24, 2.45) is 0 Å². The first-order valence-corrected chi connectivity index (χ1v) is 11.4. The monoisotopic (exact) mass is 499 g/mol. The number of methoxy groups -OCH3 is 1. The van der Waals surface area contributed by atoms with Crippen molar-refractivity contribution in [3.63, 3.8) is 0 Å². The molecule has 7 heteroatoms. The molecule has 4 rings (SSSR count). The lowest BCUT2D eigenvalue weighted by molar-refractivity contribution is -0.146. The molecule has 2 atom stereocenters. The Bertz CT molecular complexity index is 691. The molecule has 1 unspecified atom stereocenters. The molecule has 0 aromatic heterocycles. The molecule has 0 spiro atoms. The second-order valence-corrected chi connectivity index (χ2v) is 9.11. The van der Waals surface area contributed by atoms with Gasteiger partial charge in [-0.05, 0) is 59.5 Å². The first-order chi connectivity index (χ1) is 13.7. The largest absolute Gasteiger partial charge is 0.385 e. The summed E-state index contributed by atoms with van der Waals surface area (Å²) in [5.74, 6) is 0.520. The van der Waals surface area contributed by atoms with Gasteiger partial charge in [-0.25, -0.2) is 0 Å². The summed E-state index contributed by atoms with van der Waals surface area (Å²) in [6.45, 7) is 5.61. The number of anilines is 1. The Hall–Kier alpha value is -0.900. The fourth-order valence-electron chi connectivity index (χ4n) is 4.37. The van der Waals surface area contributed by atoms with E-state index in [-0.39, 0.29) is 12.0 Å². The van der Waals surface area contributed by atoms with Gasteiger partial charge in [-0.15, -0.1) is 0 Å². The number of nitrogens with one attached hydrogen (secondary N) is 1. The fraction of sp³-hybridized carbons (Fsp3) is 0.667. The van der Waals surface area contributed by atoms with Gasteiger partial charge in [0.05, 0.1) is 6.61 Å². The Labute approximate surface area is 181 Å². The van der Waals surface area contributed by atoms with Gasteiger partial charge in [0.25, 0.3) is 5.91 Å². The van der Waals surface area contributed by atoms with E-state index in [0.29, 0.717) is 25.1 Å². The van der Waals surface area contributed by atoms with E-state index in [1.807, 2.05) is 0 Å². The van der Waals surface area contributed by atoms with E-state index in [4.69, 9.17) is 9.47 Å². The van der Waals surface area contributed by atoms with E-state index < -0.39 is 0 Å². The maximum atomic E-state index is 13.2. The zero-order chi connectivity index (χ0) is 19.5. The zero-order valence-corrected chi connectivity index (χ0v) is 18.7. The van der Waals surface area contributed by atoms with Crippen molar-refractivity contribution in [3.05, 3.63) is 27.3 Å². The highest BCUT2D eigenvalue weighted by Gasteiger charge is 2.40. The lowest BCUT2D eigenvalue weighted by atomic mass is 10.0. The molecule has 1 aromatic carbocycles. The molecule has 154 valence electrons. The number of carbonyl (C=O) groups excluding carboxylic acids is 1. The third-order valence-electron chi connectivity index (χ3n) is 5.89. The molecule has 28 heavy (non-hydrogen) atoms. The predicted molar refractivity (Wildman–Crippen MR) is 118 cm³/mol. The van der Waals surface area contributed by atoms with Gasteiger partial charge in [-0.3, -0.25) is 4.79 Å². The van der Waals surface area contributed by atoms with Crippen LogP contribution in [0.1, 0.15) is 30.7 Å². The average Bonchev–Trinajstić information content (AvgIpc) is 3.50. The van der Waals surface area contributed by atoms with Crippen LogP contribution in [-0.2, 0) is 14.3 Å². The molecule has 1 amide bonds. The van der Waals surface area contributed by atoms with Crippen LogP contribution in [0.15, 0.2) is 18.2 Å². The Kier molecular flexibility index (Phi) is 6.75. The standard InChI is InChI=1S/C21H30IN3O3/c1-27-10-3-9-24-13-15(20-17(22)4-2-5-18(20)24)14-25(16-6-7-16)21(26)19-12-23-8-11-28-19/h2,4-5,15-16,19,23H,3,6-14H2,1H3/t15?,19-/m1/s1. The lowest BCUT2D eigenvalue weighted by Gasteiger charge is -2.32. The van der Waals surface area contributed by atoms with Crippen LogP contribution in [0.3, 0.4) is 0 Å². The normalized spacial score (nSPS) is 24.3. The minimum Gasteiger partial charge on any atom is -0.385 e. The highest BCUT2D eigenvalue weighted by Crippen LogP contribution is 2.41. The average molecular weight is 499 g/mol. The molecule has 1 aromatic rings. The van der Waals surface area contributed by atoms with Crippen LogP contribution in [0.4, 0.5) is 5.69 Å². The number of rotatable bonds is 8. The van der Waals surface area contributed by atoms with Crippen LogP contribution in [0.25, 0.3) is 0 Å². The van der Waals surface area contributed by atoms with Gasteiger partial charge in [-0.1, -0.05) is 6.07 Å². The Morgan fingerprint density at radius 2 is 2.29 bits per heavy atom. The number of ether oxygens (including phenoxy) is 2. The van der Waals surface area contributed by atoms with Gasteiger partial charge in [-0.2, -0.15) is 0 Å². The summed E-state index contributed by atoms with van der Waals surface area (Å²) in [5, 5.41) is 3.29. The molecule has 2 heterocycles. The highest BCUT2D eigenvalue weighted by atomic mass is 127. The summed E-state index contributed by atoms with van der Waals surface area (Å²) in [6.07, 6.45) is 2.92. The van der Waals surface area contributed by atoms with Gasteiger partial charge >= 0.3 is 0 Å². The number of carbonyl (C=O) groups is 1. The van der Waals surface area contributed by atoms with Gasteiger partial charge in [0.15, 0.2) is 0 Å². The quantitative estimate of drug-likeness (QED) is 0.439. The van der Waals surface area contributed by atoms with Crippen LogP contribution in [0, 0.1) is 3.57 Å². The van der Waals surface area contributed by atoms with E-state index in [1.54, 1.807) is 7.11 Å². The van der Waals surface area contributed by atoms with Crippen molar-refractivity contribution in [1.82, 2.24) is 10.2 Å². The molecule has 3 aliphatic rings. The van der Waals surface area contributed by atoms with Crippen LogP contribution in [0.2, 0.25) is 0 Å². The van der Waals surface area contributed by atoms with E-state index in [9.17, 15) is 4.79 Å². The zero-order valence-electron chi connectivity index (χ0n) is 16.5. The van der Waals surface area contributed by atoms with Crippen LogP contribution >= 0.6 is 22.6 Å². The summed E-state index contributed by atoms with van der Waals surface area (Å²) in [4.78, 5) is 17.8. The van der Waals surface area contributed by atoms with Crippen molar-refractivity contribution in [2.75, 3.05) is 57.9 Å². The number of halogens is 1. The fourth-order valence-corrected chi connectivity index (χ4v) is 5.30. The van der Waals surface area contributed by atoms with Gasteiger partial charge in [0, 0.05) is 67.7 Å². The van der Waals surface area contributed by atoms with E-state index >= 15 is 0 Å². The topological polar surface area (TPSA) is 54.0 Å². The summed E-state index contributed by atoms with van der Waals surface area (Å²) < 4.78 is 12.3. The Balaban J connectivity index is 1.50. The van der Waals surface area contributed by atoms with Crippen molar-refractivity contribution >= 4 is 34.2 Å². The first-order valence-electron chi connectivity index (χ1n) is 10.3. The summed E-state index contributed by atoms with van der Waals surface area (Å²) in [6, 6.07) is 6.94. The van der Waals surface area contributed by atoms with Crippen molar-refractivity contribution < 1.29 is 14.3 Å². The minimum atomic E-state index is -0.331. The van der Waals surface area contributed by atoms with Crippen molar-refractivity contribution in [2.45, 2.75) is 37.3 Å². The van der Waals surface area contributed by atoms with Gasteiger partial charge < -0.3 is 24.6 Å². The molecule has 1 saturated carbocycles. The molecule has 1 N–H and O–H groups in total. The molecule has 1 saturated heterocycles. The maximum Gasteiger partial charge on any atom is 0.253 e. The van der Waals surface area contributed by atoms with Crippen molar-refractivity contribution in [3.8, 4) is 0 Å². The van der Waals surface area contributed by atoms with Gasteiger partial charge in [0.1, 0.15) is 6.10 Å². The van der Waals surface area contributed by atoms with E-state index in [2.05, 4.69) is 55.9 Å².